The average molecular weight is 808 g/mol. The van der Waals surface area contributed by atoms with Crippen LogP contribution in [-0.2, 0) is 19.2 Å². The van der Waals surface area contributed by atoms with Crippen LogP contribution in [0.5, 0.6) is 5.75 Å². The number of nitrogens with zero attached hydrogens (tertiary/aromatic N) is 6. The molecule has 0 radical (unpaired) electrons. The number of hydrogen-bond donors (Lipinski definition) is 4. The largest absolute Gasteiger partial charge is 1.00 e. The summed E-state index contributed by atoms with van der Waals surface area (Å²) in [6.45, 7) is -0.0129. The van der Waals surface area contributed by atoms with Crippen LogP contribution in [0.25, 0.3) is 21.8 Å². The van der Waals surface area contributed by atoms with E-state index in [4.69, 9.17) is 15.0 Å². The minimum Gasteiger partial charge on any atom is -0.543 e. The Kier molecular flexibility index (Phi) is 11.9. The number of β-lactam (4-membered cyclic amide) rings is 1. The molecule has 0 bridgehead atoms. The van der Waals surface area contributed by atoms with E-state index >= 15 is 0 Å². The number of oxime groups is 1. The van der Waals surface area contributed by atoms with E-state index in [-0.39, 0.29) is 81.0 Å². The first kappa shape index (κ1) is 37.8. The van der Waals surface area contributed by atoms with Gasteiger partial charge in [-0.1, -0.05) is 40.8 Å². The molecule has 0 aliphatic carbocycles. The van der Waals surface area contributed by atoms with Gasteiger partial charge in [0, 0.05) is 34.9 Å². The molecular formula is C29H22N9NaO8S5. The molecule has 6 heterocycles. The standard InChI is InChI=1S/C29H23N9O8S5.Na/c30-27-32-15(11-49-27)19(37-45-5-6-47-28-36-35-23(46-28)14-7-16(39)17(40)8-31-14)22(41)34-20-24(42)38-21(26(43)44)12(9-48-25(20)38)10-50-29-33-13-3-1-2-4-18(13)51-29;/h1-4,7-8,11,20,25,40H,5-6,9-10H2,(H2,30,32)(H,31,39)(H,34,41)(H,43,44);/q;+1/p-1/b37-19-;/t20-,25-;/m1./s1. The number of fused-ring (bicyclic) bond motifs is 2. The summed E-state index contributed by atoms with van der Waals surface area (Å²) >= 11 is 6.41. The fourth-order valence-corrected chi connectivity index (χ4v) is 9.57. The number of para-hydroxylation sites is 1. The van der Waals surface area contributed by atoms with Crippen molar-refractivity contribution in [2.24, 2.45) is 5.16 Å². The minimum absolute atomic E-state index is 0. The van der Waals surface area contributed by atoms with Crippen molar-refractivity contribution >= 4 is 96.8 Å². The van der Waals surface area contributed by atoms with Gasteiger partial charge >= 0.3 is 29.6 Å². The van der Waals surface area contributed by atoms with Crippen LogP contribution in [0.4, 0.5) is 5.13 Å². The van der Waals surface area contributed by atoms with Crippen LogP contribution in [0, 0.1) is 0 Å². The summed E-state index contributed by atoms with van der Waals surface area (Å²) in [4.78, 5) is 68.6. The molecule has 2 aliphatic rings. The number of nitrogens with one attached hydrogen (secondary N) is 2. The number of thiazole rings is 2. The van der Waals surface area contributed by atoms with Crippen molar-refractivity contribution in [3.05, 3.63) is 69.1 Å². The third kappa shape index (κ3) is 8.02. The smallest absolute Gasteiger partial charge is 0.543 e. The third-order valence-corrected chi connectivity index (χ3v) is 12.3. The number of hydrogen-bond acceptors (Lipinski definition) is 19. The number of aromatic nitrogens is 5. The molecule has 5 N–H and O–H groups in total. The summed E-state index contributed by atoms with van der Waals surface area (Å²) in [5.41, 5.74) is 6.47. The Balaban J connectivity index is 0.00000464. The Morgan fingerprint density at radius 3 is 2.81 bits per heavy atom. The zero-order chi connectivity index (χ0) is 35.6. The van der Waals surface area contributed by atoms with Gasteiger partial charge in [-0.3, -0.25) is 19.3 Å². The second kappa shape index (κ2) is 16.4. The molecule has 262 valence electrons. The Morgan fingerprint density at radius 1 is 1.23 bits per heavy atom. The van der Waals surface area contributed by atoms with Crippen LogP contribution in [0.3, 0.4) is 0 Å². The van der Waals surface area contributed by atoms with E-state index < -0.39 is 40.4 Å². The van der Waals surface area contributed by atoms with Gasteiger partial charge in [0.2, 0.25) is 5.43 Å². The van der Waals surface area contributed by atoms with Crippen molar-refractivity contribution < 1.29 is 63.4 Å². The number of aromatic amines is 1. The molecule has 2 amide bonds. The van der Waals surface area contributed by atoms with E-state index in [9.17, 15) is 29.4 Å². The average Bonchev–Trinajstić information content (AvgIpc) is 3.88. The maximum atomic E-state index is 13.4. The normalized spacial score (nSPS) is 17.0. The quantitative estimate of drug-likeness (QED) is 0.0264. The number of amides is 2. The van der Waals surface area contributed by atoms with Gasteiger partial charge in [-0.2, -0.15) is 0 Å². The number of pyridine rings is 1. The number of nitrogens with two attached hydrogens (primary N) is 1. The monoisotopic (exact) mass is 807 g/mol. The number of carbonyl (C=O) groups excluding carboxylic acids is 3. The van der Waals surface area contributed by atoms with Gasteiger partial charge < -0.3 is 40.3 Å². The van der Waals surface area contributed by atoms with Gasteiger partial charge in [0.05, 0.1) is 21.9 Å². The minimum atomic E-state index is -1.48. The number of aliphatic carboxylic acids is 1. The summed E-state index contributed by atoms with van der Waals surface area (Å²) in [5, 5.41) is 37.2. The maximum absolute atomic E-state index is 13.4. The van der Waals surface area contributed by atoms with Crippen molar-refractivity contribution in [2.45, 2.75) is 21.0 Å². The topological polar surface area (TPSA) is 255 Å². The number of H-pyrrole nitrogens is 1. The van der Waals surface area contributed by atoms with Crippen LogP contribution in [0.15, 0.2) is 77.1 Å². The van der Waals surface area contributed by atoms with Crippen molar-refractivity contribution in [2.75, 3.05) is 29.6 Å². The second-order valence-corrected chi connectivity index (χ2v) is 15.8. The van der Waals surface area contributed by atoms with Gasteiger partial charge in [-0.05, 0) is 17.7 Å². The van der Waals surface area contributed by atoms with Gasteiger partial charge in [0.1, 0.15) is 29.4 Å². The first-order valence-corrected chi connectivity index (χ1v) is 19.3. The molecule has 0 spiro atoms. The Bertz CT molecular complexity index is 2260. The van der Waals surface area contributed by atoms with Gasteiger partial charge in [-0.25, -0.2) is 9.97 Å². The number of carboxylic acid groups (broad SMARTS) is 1. The summed E-state index contributed by atoms with van der Waals surface area (Å²) in [6, 6.07) is 7.76. The number of anilines is 1. The summed E-state index contributed by atoms with van der Waals surface area (Å²) in [5.74, 6) is -2.39. The van der Waals surface area contributed by atoms with Crippen LogP contribution in [0.1, 0.15) is 5.69 Å². The molecule has 2 atom stereocenters. The van der Waals surface area contributed by atoms with Crippen molar-refractivity contribution in [1.29, 1.82) is 0 Å². The van der Waals surface area contributed by atoms with Gasteiger partial charge in [-0.15, -0.1) is 44.6 Å². The molecule has 4 aromatic heterocycles. The van der Waals surface area contributed by atoms with Gasteiger partial charge in [0.15, 0.2) is 20.9 Å². The molecule has 1 fully saturated rings. The molecule has 17 nitrogen and oxygen atoms in total. The number of thioether (sulfide) groups is 3. The molecular weight excluding hydrogens is 786 g/mol. The van der Waals surface area contributed by atoms with Crippen molar-refractivity contribution in [1.82, 2.24) is 35.4 Å². The maximum Gasteiger partial charge on any atom is 1.00 e. The number of carboxylic acids is 1. The fourth-order valence-electron chi connectivity index (χ4n) is 4.90. The molecule has 5 aromatic rings. The predicted molar refractivity (Wildman–Crippen MR) is 189 cm³/mol. The predicted octanol–water partition coefficient (Wildman–Crippen LogP) is -1.51. The molecule has 1 saturated heterocycles. The summed E-state index contributed by atoms with van der Waals surface area (Å²) < 4.78 is 7.31. The number of aromatic hydroxyl groups is 1. The number of nitrogen functional groups attached to an aromatic ring is 1. The molecule has 2 aliphatic heterocycles. The number of carbonyl (C=O) groups is 3. The zero-order valence-electron chi connectivity index (χ0n) is 26.6. The first-order chi connectivity index (χ1) is 24.7. The zero-order valence-corrected chi connectivity index (χ0v) is 32.7. The van der Waals surface area contributed by atoms with Crippen LogP contribution in [-0.4, -0.2) is 93.9 Å². The van der Waals surface area contributed by atoms with Crippen molar-refractivity contribution in [3.63, 3.8) is 0 Å². The van der Waals surface area contributed by atoms with E-state index in [1.54, 1.807) is 0 Å². The number of benzene rings is 1. The van der Waals surface area contributed by atoms with E-state index in [2.05, 4.69) is 35.6 Å². The first-order valence-electron chi connectivity index (χ1n) is 14.6. The number of rotatable bonds is 13. The second-order valence-electron chi connectivity index (χ2n) is 10.5. The molecule has 0 unspecified atom stereocenters. The van der Waals surface area contributed by atoms with E-state index in [0.717, 1.165) is 54.8 Å². The molecule has 0 saturated carbocycles. The Hall–Kier alpha value is -3.90. The molecule has 7 rings (SSSR count). The molecule has 23 heteroatoms. The fraction of sp³-hybridized carbons (Fsp3) is 0.207. The van der Waals surface area contributed by atoms with Crippen LogP contribution in [0.2, 0.25) is 0 Å². The van der Waals surface area contributed by atoms with E-state index in [0.29, 0.717) is 17.1 Å². The van der Waals surface area contributed by atoms with Gasteiger partial charge in [0.25, 0.3) is 22.9 Å². The van der Waals surface area contributed by atoms with E-state index in [1.807, 2.05) is 24.3 Å². The van der Waals surface area contributed by atoms with Crippen LogP contribution >= 0.6 is 58.0 Å². The summed E-state index contributed by atoms with van der Waals surface area (Å²) in [6.07, 6.45) is 1.11. The van der Waals surface area contributed by atoms with Crippen LogP contribution < -0.4 is 51.1 Å². The SMILES string of the molecule is Nc1nc(/C(=N/OCCSc2nnc(-c3cc(=O)c(O)c[nH]3)o2)C(=O)N[C@@H]2C(=O)N3C(C(=O)[O-])=C(CSc4nc5ccccc5s4)CS[C@H]23)cs1.[Na+]. The molecule has 1 aromatic carbocycles. The Labute approximate surface area is 335 Å². The van der Waals surface area contributed by atoms with Crippen molar-refractivity contribution in [3.8, 4) is 17.3 Å². The third-order valence-electron chi connectivity index (χ3n) is 7.24. The Morgan fingerprint density at radius 2 is 2.06 bits per heavy atom. The van der Waals surface area contributed by atoms with E-state index in [1.165, 1.54) is 40.2 Å². The summed E-state index contributed by atoms with van der Waals surface area (Å²) in [7, 11) is 0. The molecule has 52 heavy (non-hydrogen) atoms.